The number of hydrogen-bond donors (Lipinski definition) is 0. The summed E-state index contributed by atoms with van der Waals surface area (Å²) < 4.78 is 2.61. The van der Waals surface area contributed by atoms with E-state index in [2.05, 4.69) is 182 Å². The zero-order chi connectivity index (χ0) is 33.7. The molecule has 0 N–H and O–H groups in total. The van der Waals surface area contributed by atoms with Gasteiger partial charge in [-0.3, -0.25) is 0 Å². The molecular formula is C48H30N2S. The van der Waals surface area contributed by atoms with Gasteiger partial charge in [-0.1, -0.05) is 133 Å². The van der Waals surface area contributed by atoms with Crippen molar-refractivity contribution in [2.45, 2.75) is 0 Å². The number of thiophene rings is 1. The Morgan fingerprint density at radius 1 is 0.314 bits per heavy atom. The number of fused-ring (bicyclic) bond motifs is 5. The first-order chi connectivity index (χ1) is 25.2. The molecule has 0 radical (unpaired) electrons. The maximum Gasteiger partial charge on any atom is 0.161 e. The van der Waals surface area contributed by atoms with Gasteiger partial charge in [0.15, 0.2) is 5.82 Å². The van der Waals surface area contributed by atoms with E-state index in [1.165, 1.54) is 47.5 Å². The van der Waals surface area contributed by atoms with E-state index in [1.807, 2.05) is 11.3 Å². The molecule has 10 aromatic rings. The van der Waals surface area contributed by atoms with Gasteiger partial charge in [-0.05, 0) is 92.3 Å². The van der Waals surface area contributed by atoms with E-state index in [0.29, 0.717) is 5.82 Å². The van der Waals surface area contributed by atoms with Crippen LogP contribution in [0.5, 0.6) is 0 Å². The van der Waals surface area contributed by atoms with E-state index in [9.17, 15) is 0 Å². The number of rotatable bonds is 5. The minimum Gasteiger partial charge on any atom is -0.228 e. The molecule has 0 aliphatic heterocycles. The van der Waals surface area contributed by atoms with Gasteiger partial charge in [-0.25, -0.2) is 9.97 Å². The van der Waals surface area contributed by atoms with Gasteiger partial charge in [0.2, 0.25) is 0 Å². The van der Waals surface area contributed by atoms with Crippen LogP contribution < -0.4 is 0 Å². The van der Waals surface area contributed by atoms with Crippen LogP contribution in [0.4, 0.5) is 0 Å². The van der Waals surface area contributed by atoms with Gasteiger partial charge in [0.1, 0.15) is 0 Å². The third kappa shape index (κ3) is 5.36. The molecule has 0 aliphatic rings. The maximum atomic E-state index is 5.35. The third-order valence-corrected chi connectivity index (χ3v) is 11.0. The van der Waals surface area contributed by atoms with E-state index in [0.717, 1.165) is 44.6 Å². The summed E-state index contributed by atoms with van der Waals surface area (Å²) in [5.74, 6) is 0.713. The van der Waals surface area contributed by atoms with E-state index in [1.54, 1.807) is 0 Å². The second-order valence-electron chi connectivity index (χ2n) is 13.0. The SMILES string of the molecule is c1ccc(-c2cc(-c3ccc4sc5ccccc5c4c3)cc(-c3cc(-c4ccc5ccccc5c4)nc(-c4cccc5ccccc45)n3)c2)cc1. The topological polar surface area (TPSA) is 25.8 Å². The van der Waals surface area contributed by atoms with Gasteiger partial charge in [0.25, 0.3) is 0 Å². The molecule has 2 aromatic heterocycles. The van der Waals surface area contributed by atoms with Gasteiger partial charge in [0.05, 0.1) is 11.4 Å². The van der Waals surface area contributed by atoms with Crippen molar-refractivity contribution in [3.8, 4) is 56.2 Å². The molecule has 0 fully saturated rings. The summed E-state index contributed by atoms with van der Waals surface area (Å²) in [7, 11) is 0. The van der Waals surface area contributed by atoms with Crippen LogP contribution in [0.1, 0.15) is 0 Å². The molecule has 2 heterocycles. The number of aromatic nitrogens is 2. The molecule has 0 atom stereocenters. The summed E-state index contributed by atoms with van der Waals surface area (Å²) in [5.41, 5.74) is 9.57. The van der Waals surface area contributed by atoms with Gasteiger partial charge < -0.3 is 0 Å². The number of benzene rings is 8. The van der Waals surface area contributed by atoms with Crippen molar-refractivity contribution in [2.24, 2.45) is 0 Å². The molecule has 51 heavy (non-hydrogen) atoms. The standard InChI is InChI=1S/C48H30N2S/c1-2-11-31(12-3-1)37-26-38(35-23-24-47-43(29-35)41-18-8-9-20-46(41)51-47)28-39(27-37)45-30-44(36-22-21-32-13-4-5-15-34(32)25-36)49-48(50-45)42-19-10-16-33-14-6-7-17-40(33)42/h1-30H. The quantitative estimate of drug-likeness (QED) is 0.183. The van der Waals surface area contributed by atoms with E-state index < -0.39 is 0 Å². The smallest absolute Gasteiger partial charge is 0.161 e. The Morgan fingerprint density at radius 3 is 1.80 bits per heavy atom. The van der Waals surface area contributed by atoms with Crippen molar-refractivity contribution in [3.63, 3.8) is 0 Å². The van der Waals surface area contributed by atoms with Crippen LogP contribution in [0.3, 0.4) is 0 Å². The van der Waals surface area contributed by atoms with E-state index >= 15 is 0 Å². The zero-order valence-electron chi connectivity index (χ0n) is 27.6. The molecule has 0 unspecified atom stereocenters. The summed E-state index contributed by atoms with van der Waals surface area (Å²) >= 11 is 1.85. The first kappa shape index (κ1) is 29.5. The summed E-state index contributed by atoms with van der Waals surface area (Å²) in [6.07, 6.45) is 0. The molecule has 238 valence electrons. The maximum absolute atomic E-state index is 5.35. The molecule has 0 aliphatic carbocycles. The van der Waals surface area contributed by atoms with E-state index in [4.69, 9.17) is 9.97 Å². The summed E-state index contributed by atoms with van der Waals surface area (Å²) in [6.45, 7) is 0. The normalized spacial score (nSPS) is 11.5. The summed E-state index contributed by atoms with van der Waals surface area (Å²) in [5, 5.41) is 7.29. The summed E-state index contributed by atoms with van der Waals surface area (Å²) in [4.78, 5) is 10.6. The minimum absolute atomic E-state index is 0.713. The van der Waals surface area contributed by atoms with Crippen LogP contribution in [0.15, 0.2) is 182 Å². The Morgan fingerprint density at radius 2 is 0.941 bits per heavy atom. The lowest BCUT2D eigenvalue weighted by atomic mass is 9.93. The van der Waals surface area contributed by atoms with Gasteiger partial charge >= 0.3 is 0 Å². The number of hydrogen-bond acceptors (Lipinski definition) is 3. The molecule has 0 bridgehead atoms. The first-order valence-corrected chi connectivity index (χ1v) is 18.0. The second-order valence-corrected chi connectivity index (χ2v) is 14.1. The van der Waals surface area contributed by atoms with Crippen LogP contribution in [0.25, 0.3) is 97.9 Å². The van der Waals surface area contributed by atoms with Crippen LogP contribution in [0, 0.1) is 0 Å². The van der Waals surface area contributed by atoms with Crippen molar-refractivity contribution >= 4 is 53.1 Å². The minimum atomic E-state index is 0.713. The predicted molar refractivity (Wildman–Crippen MR) is 217 cm³/mol. The van der Waals surface area contributed by atoms with Crippen LogP contribution in [-0.4, -0.2) is 9.97 Å². The largest absolute Gasteiger partial charge is 0.228 e. The summed E-state index contributed by atoms with van der Waals surface area (Å²) in [6, 6.07) is 65.2. The lowest BCUT2D eigenvalue weighted by Gasteiger charge is -2.14. The van der Waals surface area contributed by atoms with E-state index in [-0.39, 0.29) is 0 Å². The highest BCUT2D eigenvalue weighted by molar-refractivity contribution is 7.25. The first-order valence-electron chi connectivity index (χ1n) is 17.2. The average molecular weight is 667 g/mol. The molecular weight excluding hydrogens is 637 g/mol. The van der Waals surface area contributed by atoms with Crippen molar-refractivity contribution in [1.82, 2.24) is 9.97 Å². The van der Waals surface area contributed by atoms with Gasteiger partial charge in [-0.2, -0.15) is 0 Å². The van der Waals surface area contributed by atoms with Crippen LogP contribution in [-0.2, 0) is 0 Å². The van der Waals surface area contributed by atoms with Crippen molar-refractivity contribution < 1.29 is 0 Å². The lowest BCUT2D eigenvalue weighted by molar-refractivity contribution is 1.19. The number of nitrogens with zero attached hydrogens (tertiary/aromatic N) is 2. The second kappa shape index (κ2) is 12.2. The average Bonchev–Trinajstić information content (AvgIpc) is 3.58. The Hall–Kier alpha value is -6.42. The highest BCUT2D eigenvalue weighted by atomic mass is 32.1. The Bertz CT molecular complexity index is 2920. The Balaban J connectivity index is 1.22. The Kier molecular flexibility index (Phi) is 7.04. The molecule has 10 rings (SSSR count). The van der Waals surface area contributed by atoms with Crippen molar-refractivity contribution in [2.75, 3.05) is 0 Å². The van der Waals surface area contributed by atoms with Crippen molar-refractivity contribution in [3.05, 3.63) is 182 Å². The molecule has 3 heteroatoms. The lowest BCUT2D eigenvalue weighted by Crippen LogP contribution is -1.97. The third-order valence-electron chi connectivity index (χ3n) is 9.85. The molecule has 0 saturated heterocycles. The fourth-order valence-electron chi connectivity index (χ4n) is 7.28. The van der Waals surface area contributed by atoms with Crippen LogP contribution >= 0.6 is 11.3 Å². The predicted octanol–water partition coefficient (Wildman–Crippen LogP) is 13.5. The fraction of sp³-hybridized carbons (Fsp3) is 0. The molecule has 2 nitrogen and oxygen atoms in total. The fourth-order valence-corrected chi connectivity index (χ4v) is 8.36. The highest BCUT2D eigenvalue weighted by Gasteiger charge is 2.16. The molecule has 8 aromatic carbocycles. The van der Waals surface area contributed by atoms with Crippen molar-refractivity contribution in [1.29, 1.82) is 0 Å². The van der Waals surface area contributed by atoms with Gasteiger partial charge in [-0.15, -0.1) is 11.3 Å². The highest BCUT2D eigenvalue weighted by Crippen LogP contribution is 2.39. The monoisotopic (exact) mass is 666 g/mol. The molecule has 0 spiro atoms. The molecule has 0 saturated carbocycles. The van der Waals surface area contributed by atoms with Gasteiger partial charge in [0, 0.05) is 36.9 Å². The Labute approximate surface area is 300 Å². The zero-order valence-corrected chi connectivity index (χ0v) is 28.4. The molecule has 0 amide bonds. The van der Waals surface area contributed by atoms with Crippen LogP contribution in [0.2, 0.25) is 0 Å².